The molecule has 90 valence electrons. The maximum absolute atomic E-state index is 5.72. The van der Waals surface area contributed by atoms with E-state index >= 15 is 0 Å². The predicted octanol–water partition coefficient (Wildman–Crippen LogP) is 0.243. The van der Waals surface area contributed by atoms with Crippen LogP contribution in [0.2, 0.25) is 0 Å². The molecule has 5 heteroatoms. The Kier molecular flexibility index (Phi) is 3.46. The number of morpholine rings is 1. The van der Waals surface area contributed by atoms with Crippen molar-refractivity contribution in [3.8, 4) is 0 Å². The average Bonchev–Trinajstić information content (AvgIpc) is 2.31. The van der Waals surface area contributed by atoms with Gasteiger partial charge in [-0.25, -0.2) is 0 Å². The molecule has 1 saturated heterocycles. The standard InChI is InChI=1S/C11H20N4O/c1-3-9-6-15(8(2)7-16-9)11-5-4-10(12)13-14-11/h4-5,8-10,13H,3,6-7,12H2,1-2H3. The predicted molar refractivity (Wildman–Crippen MR) is 63.9 cm³/mol. The van der Waals surface area contributed by atoms with Gasteiger partial charge >= 0.3 is 0 Å². The third kappa shape index (κ3) is 2.36. The first-order chi connectivity index (χ1) is 7.70. The van der Waals surface area contributed by atoms with Gasteiger partial charge in [0, 0.05) is 6.54 Å². The smallest absolute Gasteiger partial charge is 0.148 e. The summed E-state index contributed by atoms with van der Waals surface area (Å²) in [6.07, 6.45) is 5.08. The van der Waals surface area contributed by atoms with Gasteiger partial charge in [-0.15, -0.1) is 0 Å². The molecule has 3 unspecified atom stereocenters. The van der Waals surface area contributed by atoms with E-state index in [-0.39, 0.29) is 6.17 Å². The Morgan fingerprint density at radius 1 is 1.69 bits per heavy atom. The van der Waals surface area contributed by atoms with E-state index < -0.39 is 0 Å². The largest absolute Gasteiger partial charge is 0.374 e. The molecule has 2 aliphatic heterocycles. The normalized spacial score (nSPS) is 34.6. The fourth-order valence-electron chi connectivity index (χ4n) is 1.95. The van der Waals surface area contributed by atoms with E-state index in [9.17, 15) is 0 Å². The van der Waals surface area contributed by atoms with Crippen LogP contribution < -0.4 is 11.2 Å². The zero-order valence-electron chi connectivity index (χ0n) is 9.89. The van der Waals surface area contributed by atoms with Crippen LogP contribution in [-0.4, -0.2) is 42.2 Å². The van der Waals surface area contributed by atoms with E-state index in [1.807, 2.05) is 12.2 Å². The van der Waals surface area contributed by atoms with Crippen molar-refractivity contribution in [1.29, 1.82) is 0 Å². The number of hydrogen-bond acceptors (Lipinski definition) is 5. The van der Waals surface area contributed by atoms with Crippen molar-refractivity contribution in [2.45, 2.75) is 38.6 Å². The van der Waals surface area contributed by atoms with Crippen molar-refractivity contribution in [1.82, 2.24) is 10.3 Å². The SMILES string of the molecule is CCC1CN(C2=NNC(N)C=C2)C(C)CO1. The minimum Gasteiger partial charge on any atom is -0.374 e. The van der Waals surface area contributed by atoms with Crippen LogP contribution in [0, 0.1) is 0 Å². The Hall–Kier alpha value is -1.07. The van der Waals surface area contributed by atoms with E-state index in [2.05, 4.69) is 29.3 Å². The number of hydrazone groups is 1. The molecule has 0 spiro atoms. The molecule has 0 radical (unpaired) electrons. The first-order valence-electron chi connectivity index (χ1n) is 5.86. The van der Waals surface area contributed by atoms with Gasteiger partial charge in [0.25, 0.3) is 0 Å². The number of ether oxygens (including phenoxy) is 1. The van der Waals surface area contributed by atoms with E-state index in [4.69, 9.17) is 10.5 Å². The summed E-state index contributed by atoms with van der Waals surface area (Å²) in [5, 5.41) is 4.28. The summed E-state index contributed by atoms with van der Waals surface area (Å²) in [7, 11) is 0. The molecule has 16 heavy (non-hydrogen) atoms. The lowest BCUT2D eigenvalue weighted by Crippen LogP contribution is -2.52. The first-order valence-corrected chi connectivity index (χ1v) is 5.86. The summed E-state index contributed by atoms with van der Waals surface area (Å²) in [4.78, 5) is 2.27. The molecule has 3 atom stereocenters. The molecule has 0 aromatic rings. The van der Waals surface area contributed by atoms with Crippen LogP contribution in [0.3, 0.4) is 0 Å². The van der Waals surface area contributed by atoms with Crippen LogP contribution in [0.25, 0.3) is 0 Å². The number of amidine groups is 1. The Balaban J connectivity index is 2.04. The monoisotopic (exact) mass is 224 g/mol. The van der Waals surface area contributed by atoms with Crippen molar-refractivity contribution in [3.63, 3.8) is 0 Å². The minimum atomic E-state index is -0.165. The van der Waals surface area contributed by atoms with E-state index in [1.165, 1.54) is 0 Å². The number of nitrogens with zero attached hydrogens (tertiary/aromatic N) is 2. The maximum Gasteiger partial charge on any atom is 0.148 e. The van der Waals surface area contributed by atoms with Gasteiger partial charge in [0.1, 0.15) is 12.0 Å². The first kappa shape index (κ1) is 11.4. The van der Waals surface area contributed by atoms with Crippen molar-refractivity contribution < 1.29 is 4.74 Å². The van der Waals surface area contributed by atoms with Gasteiger partial charge in [-0.1, -0.05) is 6.92 Å². The second kappa shape index (κ2) is 4.84. The molecule has 3 N–H and O–H groups in total. The van der Waals surface area contributed by atoms with E-state index in [0.717, 1.165) is 25.4 Å². The quantitative estimate of drug-likeness (QED) is 0.670. The van der Waals surface area contributed by atoms with E-state index in [0.29, 0.717) is 12.1 Å². The molecule has 0 bridgehead atoms. The molecule has 0 saturated carbocycles. The minimum absolute atomic E-state index is 0.165. The molecule has 1 fully saturated rings. The summed E-state index contributed by atoms with van der Waals surface area (Å²) >= 11 is 0. The zero-order valence-corrected chi connectivity index (χ0v) is 9.89. The Bertz CT molecular complexity index is 302. The topological polar surface area (TPSA) is 62.9 Å². The van der Waals surface area contributed by atoms with Crippen molar-refractivity contribution >= 4 is 5.84 Å². The van der Waals surface area contributed by atoms with Crippen molar-refractivity contribution in [3.05, 3.63) is 12.2 Å². The highest BCUT2D eigenvalue weighted by Crippen LogP contribution is 2.15. The lowest BCUT2D eigenvalue weighted by molar-refractivity contribution is -0.0334. The number of hydrogen-bond donors (Lipinski definition) is 2. The van der Waals surface area contributed by atoms with Crippen molar-refractivity contribution in [2.24, 2.45) is 10.8 Å². The van der Waals surface area contributed by atoms with Crippen LogP contribution in [-0.2, 0) is 4.74 Å². The highest BCUT2D eigenvalue weighted by molar-refractivity contribution is 5.93. The highest BCUT2D eigenvalue weighted by atomic mass is 16.5. The lowest BCUT2D eigenvalue weighted by Gasteiger charge is -2.39. The summed E-state index contributed by atoms with van der Waals surface area (Å²) in [5.41, 5.74) is 8.55. The summed E-state index contributed by atoms with van der Waals surface area (Å²) in [5.74, 6) is 0.955. The van der Waals surface area contributed by atoms with Gasteiger partial charge in [0.2, 0.25) is 0 Å². The highest BCUT2D eigenvalue weighted by Gasteiger charge is 2.27. The third-order valence-electron chi connectivity index (χ3n) is 3.04. The van der Waals surface area contributed by atoms with Gasteiger partial charge in [-0.05, 0) is 25.5 Å². The number of rotatable bonds is 1. The second-order valence-corrected chi connectivity index (χ2v) is 4.35. The molecule has 2 rings (SSSR count). The lowest BCUT2D eigenvalue weighted by atomic mass is 10.1. The fraction of sp³-hybridized carbons (Fsp3) is 0.727. The van der Waals surface area contributed by atoms with Gasteiger partial charge in [0.05, 0.1) is 18.8 Å². The molecule has 0 aromatic carbocycles. The van der Waals surface area contributed by atoms with Crippen LogP contribution in [0.15, 0.2) is 17.3 Å². The van der Waals surface area contributed by atoms with E-state index in [1.54, 1.807) is 0 Å². The Morgan fingerprint density at radius 2 is 2.50 bits per heavy atom. The Labute approximate surface area is 96.3 Å². The molecular weight excluding hydrogens is 204 g/mol. The fourth-order valence-corrected chi connectivity index (χ4v) is 1.95. The molecule has 5 nitrogen and oxygen atoms in total. The molecule has 0 aliphatic carbocycles. The molecular formula is C11H20N4O. The van der Waals surface area contributed by atoms with Gasteiger partial charge in [-0.3, -0.25) is 5.43 Å². The van der Waals surface area contributed by atoms with Gasteiger partial charge in [0.15, 0.2) is 0 Å². The molecule has 2 aliphatic rings. The van der Waals surface area contributed by atoms with Crippen LogP contribution in [0.1, 0.15) is 20.3 Å². The second-order valence-electron chi connectivity index (χ2n) is 4.35. The Morgan fingerprint density at radius 3 is 3.12 bits per heavy atom. The number of nitrogens with one attached hydrogen (secondary N) is 1. The maximum atomic E-state index is 5.72. The molecule has 0 aromatic heterocycles. The number of nitrogens with two attached hydrogens (primary N) is 1. The molecule has 2 heterocycles. The van der Waals surface area contributed by atoms with Gasteiger partial charge < -0.3 is 15.4 Å². The summed E-state index contributed by atoms with van der Waals surface area (Å²) in [6, 6.07) is 0.363. The van der Waals surface area contributed by atoms with Crippen LogP contribution in [0.4, 0.5) is 0 Å². The summed E-state index contributed by atoms with van der Waals surface area (Å²) < 4.78 is 5.72. The summed E-state index contributed by atoms with van der Waals surface area (Å²) in [6.45, 7) is 5.96. The molecule has 0 amide bonds. The zero-order chi connectivity index (χ0) is 11.5. The van der Waals surface area contributed by atoms with Gasteiger partial charge in [-0.2, -0.15) is 5.10 Å². The van der Waals surface area contributed by atoms with Crippen molar-refractivity contribution in [2.75, 3.05) is 13.2 Å². The van der Waals surface area contributed by atoms with Crippen LogP contribution in [0.5, 0.6) is 0 Å². The van der Waals surface area contributed by atoms with Crippen LogP contribution >= 0.6 is 0 Å². The third-order valence-corrected chi connectivity index (χ3v) is 3.04. The average molecular weight is 224 g/mol.